The van der Waals surface area contributed by atoms with Gasteiger partial charge in [-0.1, -0.05) is 12.2 Å². The second-order valence-corrected chi connectivity index (χ2v) is 9.38. The van der Waals surface area contributed by atoms with Crippen molar-refractivity contribution in [2.45, 2.75) is 22.6 Å². The van der Waals surface area contributed by atoms with Crippen LogP contribution in [0, 0.1) is 10.1 Å². The van der Waals surface area contributed by atoms with Gasteiger partial charge in [0.25, 0.3) is 5.69 Å². The Morgan fingerprint density at radius 3 is 1.91 bits per heavy atom. The molecule has 0 aliphatic rings. The number of hydrogen-bond acceptors (Lipinski definition) is 7. The van der Waals surface area contributed by atoms with Gasteiger partial charge in [0.2, 0.25) is 9.84 Å². The van der Waals surface area contributed by atoms with Crippen molar-refractivity contribution < 1.29 is 27.6 Å². The van der Waals surface area contributed by atoms with E-state index in [4.69, 9.17) is 9.47 Å². The highest BCUT2D eigenvalue weighted by atomic mass is 32.2. The van der Waals surface area contributed by atoms with E-state index in [-0.39, 0.29) is 33.2 Å². The molecule has 3 rings (SSSR count). The maximum absolute atomic E-state index is 13.3. The zero-order valence-corrected chi connectivity index (χ0v) is 19.8. The number of carbonyl (C=O) groups is 1. The smallest absolute Gasteiger partial charge is 0.343 e. The highest BCUT2D eigenvalue weighted by Crippen LogP contribution is 2.31. The number of hydrogen-bond donors (Lipinski definition) is 0. The molecule has 0 atom stereocenters. The molecule has 0 fully saturated rings. The summed E-state index contributed by atoms with van der Waals surface area (Å²) in [5.41, 5.74) is 1.09. The molecule has 0 aliphatic heterocycles. The van der Waals surface area contributed by atoms with Crippen LogP contribution in [-0.2, 0) is 22.7 Å². The summed E-state index contributed by atoms with van der Waals surface area (Å²) in [7, 11) is -2.38. The van der Waals surface area contributed by atoms with E-state index < -0.39 is 20.7 Å². The molecule has 0 aliphatic carbocycles. The second kappa shape index (κ2) is 10.8. The summed E-state index contributed by atoms with van der Waals surface area (Å²) in [6.07, 6.45) is 3.90. The minimum absolute atomic E-state index is 0.0270. The summed E-state index contributed by atoms with van der Waals surface area (Å²) >= 11 is 0. The lowest BCUT2D eigenvalue weighted by Crippen LogP contribution is -2.11. The largest absolute Gasteiger partial charge is 0.496 e. The number of methoxy groups -OCH3 is 1. The molecule has 0 aromatic heterocycles. The molecule has 9 heteroatoms. The lowest BCUT2D eigenvalue weighted by Gasteiger charge is -2.13. The fourth-order valence-corrected chi connectivity index (χ4v) is 4.75. The van der Waals surface area contributed by atoms with Crippen LogP contribution in [0.15, 0.2) is 95.8 Å². The first-order valence-electron chi connectivity index (χ1n) is 10.4. The van der Waals surface area contributed by atoms with Crippen LogP contribution in [0.5, 0.6) is 11.5 Å². The van der Waals surface area contributed by atoms with E-state index in [0.717, 1.165) is 0 Å². The van der Waals surface area contributed by atoms with Crippen molar-refractivity contribution in [3.63, 3.8) is 0 Å². The van der Waals surface area contributed by atoms with E-state index in [9.17, 15) is 23.3 Å². The van der Waals surface area contributed by atoms with Crippen LogP contribution >= 0.6 is 0 Å². The normalized spacial score (nSPS) is 10.9. The first-order valence-corrected chi connectivity index (χ1v) is 11.9. The van der Waals surface area contributed by atoms with E-state index >= 15 is 0 Å². The van der Waals surface area contributed by atoms with E-state index in [0.29, 0.717) is 23.3 Å². The average Bonchev–Trinajstić information content (AvgIpc) is 2.85. The van der Waals surface area contributed by atoms with Crippen molar-refractivity contribution in [3.05, 3.63) is 113 Å². The highest BCUT2D eigenvalue weighted by molar-refractivity contribution is 7.91. The first kappa shape index (κ1) is 25.4. The Balaban J connectivity index is 1.94. The molecule has 3 aromatic carbocycles. The maximum Gasteiger partial charge on any atom is 0.343 e. The zero-order chi connectivity index (χ0) is 25.6. The zero-order valence-electron chi connectivity index (χ0n) is 19.0. The van der Waals surface area contributed by atoms with Crippen molar-refractivity contribution in [1.29, 1.82) is 0 Å². The second-order valence-electron chi connectivity index (χ2n) is 7.43. The predicted molar refractivity (Wildman–Crippen MR) is 131 cm³/mol. The Bertz CT molecular complexity index is 1390. The molecular formula is C26H23NO7S. The Labute approximate surface area is 203 Å². The number of rotatable bonds is 10. The number of sulfone groups is 1. The summed E-state index contributed by atoms with van der Waals surface area (Å²) in [5.74, 6) is -0.0102. The minimum Gasteiger partial charge on any atom is -0.496 e. The molecule has 0 saturated carbocycles. The SMILES string of the molecule is C=CCc1cc(S(=O)(=O)c2ccc(OC(=O)c3ccc([N+](=O)[O-])cc3)c(CC=C)c2)ccc1OC. The third-order valence-electron chi connectivity index (χ3n) is 5.15. The first-order chi connectivity index (χ1) is 16.7. The number of nitro groups is 1. The summed E-state index contributed by atoms with van der Waals surface area (Å²) in [6, 6.07) is 13.8. The Morgan fingerprint density at radius 2 is 1.43 bits per heavy atom. The number of nitro benzene ring substituents is 1. The third-order valence-corrected chi connectivity index (χ3v) is 6.90. The van der Waals surface area contributed by atoms with Gasteiger partial charge in [-0.15, -0.1) is 13.2 Å². The van der Waals surface area contributed by atoms with Gasteiger partial charge in [-0.3, -0.25) is 10.1 Å². The number of esters is 1. The quantitative estimate of drug-likeness (QED) is 0.127. The number of ether oxygens (including phenoxy) is 2. The molecule has 0 bridgehead atoms. The van der Waals surface area contributed by atoms with Gasteiger partial charge < -0.3 is 9.47 Å². The monoisotopic (exact) mass is 493 g/mol. The van der Waals surface area contributed by atoms with Gasteiger partial charge in [0.1, 0.15) is 11.5 Å². The van der Waals surface area contributed by atoms with Gasteiger partial charge in [0, 0.05) is 12.1 Å². The van der Waals surface area contributed by atoms with Gasteiger partial charge in [-0.2, -0.15) is 0 Å². The van der Waals surface area contributed by atoms with E-state index in [1.807, 2.05) is 0 Å². The number of non-ortho nitro benzene ring substituents is 1. The van der Waals surface area contributed by atoms with Gasteiger partial charge in [-0.05, 0) is 72.5 Å². The van der Waals surface area contributed by atoms with Gasteiger partial charge >= 0.3 is 5.97 Å². The molecule has 0 unspecified atom stereocenters. The molecule has 0 heterocycles. The molecule has 35 heavy (non-hydrogen) atoms. The lowest BCUT2D eigenvalue weighted by atomic mass is 10.1. The van der Waals surface area contributed by atoms with Crippen LogP contribution < -0.4 is 9.47 Å². The lowest BCUT2D eigenvalue weighted by molar-refractivity contribution is -0.384. The standard InChI is InChI=1S/C26H23NO7S/c1-4-6-19-16-22(12-14-24(19)33-3)35(31,32)23-13-15-25(20(17-23)7-5-2)34-26(28)18-8-10-21(11-9-18)27(29)30/h4-5,8-17H,1-2,6-7H2,3H3. The van der Waals surface area contributed by atoms with Gasteiger partial charge in [0.15, 0.2) is 0 Å². The van der Waals surface area contributed by atoms with Crippen molar-refractivity contribution in [1.82, 2.24) is 0 Å². The van der Waals surface area contributed by atoms with Crippen LogP contribution in [-0.4, -0.2) is 26.4 Å². The van der Waals surface area contributed by atoms with E-state index in [1.54, 1.807) is 24.3 Å². The predicted octanol–water partition coefficient (Wildman–Crippen LogP) is 5.11. The van der Waals surface area contributed by atoms with Crippen molar-refractivity contribution in [2.75, 3.05) is 7.11 Å². The van der Waals surface area contributed by atoms with Crippen LogP contribution in [0.25, 0.3) is 0 Å². The summed E-state index contributed by atoms with van der Waals surface area (Å²) in [4.78, 5) is 22.9. The molecule has 180 valence electrons. The molecular weight excluding hydrogens is 470 g/mol. The van der Waals surface area contributed by atoms with Crippen LogP contribution in [0.4, 0.5) is 5.69 Å². The Hall–Kier alpha value is -4.24. The number of allylic oxidation sites excluding steroid dienone is 2. The summed E-state index contributed by atoms with van der Waals surface area (Å²) < 4.78 is 37.4. The number of nitrogens with zero attached hydrogens (tertiary/aromatic N) is 1. The molecule has 0 amide bonds. The summed E-state index contributed by atoms with van der Waals surface area (Å²) in [6.45, 7) is 7.38. The van der Waals surface area contributed by atoms with Crippen molar-refractivity contribution in [3.8, 4) is 11.5 Å². The van der Waals surface area contributed by atoms with E-state index in [2.05, 4.69) is 13.2 Å². The molecule has 8 nitrogen and oxygen atoms in total. The minimum atomic E-state index is -3.88. The number of benzene rings is 3. The fourth-order valence-electron chi connectivity index (χ4n) is 3.39. The number of carbonyl (C=O) groups excluding carboxylic acids is 1. The Kier molecular flexibility index (Phi) is 7.83. The average molecular weight is 494 g/mol. The topological polar surface area (TPSA) is 113 Å². The highest BCUT2D eigenvalue weighted by Gasteiger charge is 2.22. The molecule has 0 N–H and O–H groups in total. The van der Waals surface area contributed by atoms with E-state index in [1.165, 1.54) is 55.6 Å². The molecule has 0 saturated heterocycles. The van der Waals surface area contributed by atoms with Crippen molar-refractivity contribution in [2.24, 2.45) is 0 Å². The third kappa shape index (κ3) is 5.64. The maximum atomic E-state index is 13.3. The van der Waals surface area contributed by atoms with Crippen LogP contribution in [0.1, 0.15) is 21.5 Å². The Morgan fingerprint density at radius 1 is 0.914 bits per heavy atom. The van der Waals surface area contributed by atoms with Crippen LogP contribution in [0.2, 0.25) is 0 Å². The van der Waals surface area contributed by atoms with Gasteiger partial charge in [-0.25, -0.2) is 13.2 Å². The van der Waals surface area contributed by atoms with Gasteiger partial charge in [0.05, 0.1) is 27.4 Å². The summed E-state index contributed by atoms with van der Waals surface area (Å²) in [5, 5.41) is 10.8. The molecule has 3 aromatic rings. The fraction of sp³-hybridized carbons (Fsp3) is 0.115. The molecule has 0 spiro atoms. The van der Waals surface area contributed by atoms with Crippen molar-refractivity contribution >= 4 is 21.5 Å². The van der Waals surface area contributed by atoms with Crippen LogP contribution in [0.3, 0.4) is 0 Å². The molecule has 0 radical (unpaired) electrons.